The van der Waals surface area contributed by atoms with E-state index < -0.39 is 9.84 Å². The minimum atomic E-state index is -2.85. The number of rotatable bonds is 4. The van der Waals surface area contributed by atoms with Gasteiger partial charge in [-0.25, -0.2) is 8.42 Å². The van der Waals surface area contributed by atoms with E-state index in [1.807, 2.05) is 30.3 Å². The molecule has 0 bridgehead atoms. The van der Waals surface area contributed by atoms with Gasteiger partial charge in [-0.1, -0.05) is 30.3 Å². The summed E-state index contributed by atoms with van der Waals surface area (Å²) in [5.41, 5.74) is 1.17. The summed E-state index contributed by atoms with van der Waals surface area (Å²) in [6.45, 7) is 1.12. The van der Waals surface area contributed by atoms with Gasteiger partial charge in [-0.05, 0) is 12.0 Å². The molecule has 0 saturated carbocycles. The van der Waals surface area contributed by atoms with E-state index in [1.54, 1.807) is 0 Å². The zero-order valence-electron chi connectivity index (χ0n) is 10.3. The van der Waals surface area contributed by atoms with Gasteiger partial charge in [-0.2, -0.15) is 0 Å². The molecule has 0 radical (unpaired) electrons. The van der Waals surface area contributed by atoms with Crippen molar-refractivity contribution in [2.24, 2.45) is 0 Å². The topological polar surface area (TPSA) is 57.6 Å². The number of nitrogens with zero attached hydrogens (tertiary/aromatic N) is 1. The van der Waals surface area contributed by atoms with Gasteiger partial charge >= 0.3 is 0 Å². The second-order valence-corrected chi connectivity index (χ2v) is 7.02. The Morgan fingerprint density at radius 1 is 1.17 bits per heavy atom. The first-order valence-corrected chi connectivity index (χ1v) is 8.02. The standard InChI is InChI=1S/C13H19NO3S/c15-11-13(10-12-4-2-1-3-5-12)14-6-8-18(16,17)9-7-14/h1-5,13,15H,6-11H2/t13-/m1/s1. The summed E-state index contributed by atoms with van der Waals surface area (Å²) in [6.07, 6.45) is 0.761. The monoisotopic (exact) mass is 269 g/mol. The van der Waals surface area contributed by atoms with Gasteiger partial charge in [0.15, 0.2) is 9.84 Å². The molecule has 0 aromatic heterocycles. The molecule has 1 aromatic rings. The fourth-order valence-electron chi connectivity index (χ4n) is 2.29. The van der Waals surface area contributed by atoms with Gasteiger partial charge in [-0.15, -0.1) is 0 Å². The third-order valence-electron chi connectivity index (χ3n) is 3.42. The van der Waals surface area contributed by atoms with Crippen LogP contribution in [0.2, 0.25) is 0 Å². The number of hydrogen-bond donors (Lipinski definition) is 1. The van der Waals surface area contributed by atoms with Crippen molar-refractivity contribution in [3.8, 4) is 0 Å². The van der Waals surface area contributed by atoms with Crippen molar-refractivity contribution in [1.29, 1.82) is 0 Å². The van der Waals surface area contributed by atoms with Crippen LogP contribution in [0.3, 0.4) is 0 Å². The third kappa shape index (κ3) is 3.54. The van der Waals surface area contributed by atoms with E-state index >= 15 is 0 Å². The molecule has 1 fully saturated rings. The Morgan fingerprint density at radius 3 is 2.33 bits per heavy atom. The maximum atomic E-state index is 11.4. The molecule has 0 unspecified atom stereocenters. The maximum absolute atomic E-state index is 11.4. The van der Waals surface area contributed by atoms with Crippen LogP contribution in [0.15, 0.2) is 30.3 Å². The fourth-order valence-corrected chi connectivity index (χ4v) is 3.52. The van der Waals surface area contributed by atoms with E-state index in [4.69, 9.17) is 0 Å². The van der Waals surface area contributed by atoms with Crippen LogP contribution in [0.25, 0.3) is 0 Å². The first kappa shape index (κ1) is 13.5. The Bertz CT molecular complexity index is 458. The molecule has 1 saturated heterocycles. The van der Waals surface area contributed by atoms with Crippen LogP contribution in [0.5, 0.6) is 0 Å². The van der Waals surface area contributed by atoms with Crippen LogP contribution in [-0.2, 0) is 16.3 Å². The Hall–Kier alpha value is -0.910. The number of aliphatic hydroxyl groups is 1. The smallest absolute Gasteiger partial charge is 0.152 e. The van der Waals surface area contributed by atoms with Crippen molar-refractivity contribution in [2.45, 2.75) is 12.5 Å². The molecule has 1 N–H and O–H groups in total. The van der Waals surface area contributed by atoms with Gasteiger partial charge in [0.25, 0.3) is 0 Å². The minimum Gasteiger partial charge on any atom is -0.395 e. The first-order valence-electron chi connectivity index (χ1n) is 6.20. The highest BCUT2D eigenvalue weighted by atomic mass is 32.2. The van der Waals surface area contributed by atoms with Crippen LogP contribution < -0.4 is 0 Å². The molecule has 2 rings (SSSR count). The summed E-state index contributed by atoms with van der Waals surface area (Å²) in [6, 6.07) is 10.00. The Labute approximate surface area is 108 Å². The predicted molar refractivity (Wildman–Crippen MR) is 71.2 cm³/mol. The largest absolute Gasteiger partial charge is 0.395 e. The summed E-state index contributed by atoms with van der Waals surface area (Å²) < 4.78 is 22.8. The fraction of sp³-hybridized carbons (Fsp3) is 0.538. The highest BCUT2D eigenvalue weighted by molar-refractivity contribution is 7.91. The van der Waals surface area contributed by atoms with E-state index in [9.17, 15) is 13.5 Å². The number of hydrogen-bond acceptors (Lipinski definition) is 4. The molecule has 0 spiro atoms. The van der Waals surface area contributed by atoms with Gasteiger partial charge in [0, 0.05) is 19.1 Å². The predicted octanol–water partition coefficient (Wildman–Crippen LogP) is 0.320. The normalized spacial score (nSPS) is 21.6. The van der Waals surface area contributed by atoms with Crippen LogP contribution in [0.4, 0.5) is 0 Å². The summed E-state index contributed by atoms with van der Waals surface area (Å²) in [7, 11) is -2.85. The van der Waals surface area contributed by atoms with Crippen molar-refractivity contribution in [3.05, 3.63) is 35.9 Å². The molecule has 1 atom stereocenters. The second kappa shape index (κ2) is 5.82. The number of benzene rings is 1. The number of aliphatic hydroxyl groups excluding tert-OH is 1. The van der Waals surface area contributed by atoms with Crippen LogP contribution >= 0.6 is 0 Å². The molecule has 4 nitrogen and oxygen atoms in total. The zero-order chi connectivity index (χ0) is 13.0. The lowest BCUT2D eigenvalue weighted by Gasteiger charge is -2.33. The molecule has 0 amide bonds. The van der Waals surface area contributed by atoms with E-state index in [0.717, 1.165) is 6.42 Å². The zero-order valence-corrected chi connectivity index (χ0v) is 11.1. The van der Waals surface area contributed by atoms with E-state index in [1.165, 1.54) is 5.56 Å². The van der Waals surface area contributed by atoms with Crippen molar-refractivity contribution in [2.75, 3.05) is 31.2 Å². The molecule has 1 heterocycles. The highest BCUT2D eigenvalue weighted by Crippen LogP contribution is 2.12. The van der Waals surface area contributed by atoms with Crippen LogP contribution in [0.1, 0.15) is 5.56 Å². The van der Waals surface area contributed by atoms with Crippen molar-refractivity contribution >= 4 is 9.84 Å². The molecular formula is C13H19NO3S. The maximum Gasteiger partial charge on any atom is 0.152 e. The Kier molecular flexibility index (Phi) is 4.37. The molecule has 1 aliphatic heterocycles. The molecular weight excluding hydrogens is 250 g/mol. The highest BCUT2D eigenvalue weighted by Gasteiger charge is 2.26. The van der Waals surface area contributed by atoms with Crippen molar-refractivity contribution < 1.29 is 13.5 Å². The number of sulfone groups is 1. The lowest BCUT2D eigenvalue weighted by atomic mass is 10.1. The quantitative estimate of drug-likeness (QED) is 0.855. The van der Waals surface area contributed by atoms with Gasteiger partial charge in [0.1, 0.15) is 0 Å². The Balaban J connectivity index is 1.98. The lowest BCUT2D eigenvalue weighted by molar-refractivity contribution is 0.130. The summed E-state index contributed by atoms with van der Waals surface area (Å²) in [5.74, 6) is 0.413. The second-order valence-electron chi connectivity index (χ2n) is 4.71. The molecule has 1 aliphatic rings. The lowest BCUT2D eigenvalue weighted by Crippen LogP contribution is -2.48. The molecule has 18 heavy (non-hydrogen) atoms. The first-order chi connectivity index (χ1) is 8.61. The minimum absolute atomic E-state index is 0.0166. The third-order valence-corrected chi connectivity index (χ3v) is 5.03. The summed E-state index contributed by atoms with van der Waals surface area (Å²) in [5, 5.41) is 9.48. The summed E-state index contributed by atoms with van der Waals surface area (Å²) in [4.78, 5) is 2.08. The average molecular weight is 269 g/mol. The van der Waals surface area contributed by atoms with E-state index in [0.29, 0.717) is 13.1 Å². The molecule has 0 aliphatic carbocycles. The van der Waals surface area contributed by atoms with Crippen LogP contribution in [0, 0.1) is 0 Å². The summed E-state index contributed by atoms with van der Waals surface area (Å²) >= 11 is 0. The van der Waals surface area contributed by atoms with Crippen molar-refractivity contribution in [3.63, 3.8) is 0 Å². The van der Waals surface area contributed by atoms with E-state index in [-0.39, 0.29) is 24.2 Å². The van der Waals surface area contributed by atoms with Crippen LogP contribution in [-0.4, -0.2) is 55.7 Å². The van der Waals surface area contributed by atoms with Crippen molar-refractivity contribution in [1.82, 2.24) is 4.90 Å². The molecule has 5 heteroatoms. The Morgan fingerprint density at radius 2 is 1.78 bits per heavy atom. The molecule has 100 valence electrons. The van der Waals surface area contributed by atoms with Gasteiger partial charge < -0.3 is 5.11 Å². The SMILES string of the molecule is O=S1(=O)CCN([C@@H](CO)Cc2ccccc2)CC1. The molecule has 1 aromatic carbocycles. The van der Waals surface area contributed by atoms with Gasteiger partial charge in [-0.3, -0.25) is 4.90 Å². The van der Waals surface area contributed by atoms with Gasteiger partial charge in [0.2, 0.25) is 0 Å². The van der Waals surface area contributed by atoms with Gasteiger partial charge in [0.05, 0.1) is 18.1 Å². The van der Waals surface area contributed by atoms with E-state index in [2.05, 4.69) is 4.90 Å². The average Bonchev–Trinajstić information content (AvgIpc) is 2.38.